The Hall–Kier alpha value is -3.34. The van der Waals surface area contributed by atoms with Crippen LogP contribution in [0.25, 0.3) is 16.8 Å². The topological polar surface area (TPSA) is 47.3 Å². The molecule has 0 unspecified atom stereocenters. The first-order valence-corrected chi connectivity index (χ1v) is 8.72. The maximum Gasteiger partial charge on any atom is 0.163 e. The molecule has 0 radical (unpaired) electrons. The zero-order valence-electron chi connectivity index (χ0n) is 15.1. The van der Waals surface area contributed by atoms with Gasteiger partial charge in [0.25, 0.3) is 0 Å². The van der Waals surface area contributed by atoms with Gasteiger partial charge in [-0.25, -0.2) is 13.9 Å². The molecule has 0 aliphatic heterocycles. The summed E-state index contributed by atoms with van der Waals surface area (Å²) in [6, 6.07) is 16.3. The Bertz CT molecular complexity index is 1130. The van der Waals surface area contributed by atoms with Gasteiger partial charge in [0.2, 0.25) is 0 Å². The van der Waals surface area contributed by atoms with Gasteiger partial charge in [-0.2, -0.15) is 5.10 Å². The smallest absolute Gasteiger partial charge is 0.163 e. The highest BCUT2D eigenvalue weighted by molar-refractivity contribution is 5.95. The lowest BCUT2D eigenvalue weighted by atomic mass is 10.0. The molecule has 0 aliphatic carbocycles. The van der Waals surface area contributed by atoms with Crippen LogP contribution < -0.4 is 0 Å². The second-order valence-corrected chi connectivity index (χ2v) is 6.54. The van der Waals surface area contributed by atoms with Gasteiger partial charge in [-0.1, -0.05) is 42.5 Å². The molecule has 27 heavy (non-hydrogen) atoms. The quantitative estimate of drug-likeness (QED) is 0.499. The predicted octanol–water partition coefficient (Wildman–Crippen LogP) is 4.64. The standard InChI is InChI=1S/C22H18FN3O/c1-14-19(15(2)27)13-24-22-21(17-6-4-3-5-7-17)20(25-26(14)22)12-16-8-10-18(23)11-9-16/h3-11,13H,12H2,1-2H3. The first-order valence-electron chi connectivity index (χ1n) is 8.72. The number of carbonyl (C=O) groups excluding carboxylic acids is 1. The van der Waals surface area contributed by atoms with E-state index in [0.29, 0.717) is 17.6 Å². The van der Waals surface area contributed by atoms with Crippen LogP contribution in [0.1, 0.15) is 34.2 Å². The first kappa shape index (κ1) is 17.1. The molecule has 2 heterocycles. The molecule has 0 fully saturated rings. The van der Waals surface area contributed by atoms with Crippen molar-refractivity contribution >= 4 is 11.4 Å². The number of halogens is 1. The fourth-order valence-electron chi connectivity index (χ4n) is 3.30. The molecule has 5 heteroatoms. The molecule has 2 aromatic carbocycles. The Kier molecular flexibility index (Phi) is 4.28. The van der Waals surface area contributed by atoms with Crippen molar-refractivity contribution in [3.63, 3.8) is 0 Å². The first-order chi connectivity index (χ1) is 13.0. The lowest BCUT2D eigenvalue weighted by molar-refractivity contribution is 0.101. The monoisotopic (exact) mass is 359 g/mol. The van der Waals surface area contributed by atoms with Crippen molar-refractivity contribution < 1.29 is 9.18 Å². The summed E-state index contributed by atoms with van der Waals surface area (Å²) in [7, 11) is 0. The minimum absolute atomic E-state index is 0.0428. The number of carbonyl (C=O) groups is 1. The summed E-state index contributed by atoms with van der Waals surface area (Å²) < 4.78 is 15.0. The Morgan fingerprint density at radius 1 is 1.07 bits per heavy atom. The number of hydrogen-bond acceptors (Lipinski definition) is 3. The van der Waals surface area contributed by atoms with Crippen LogP contribution in [0, 0.1) is 12.7 Å². The van der Waals surface area contributed by atoms with Crippen LogP contribution in [0.3, 0.4) is 0 Å². The van der Waals surface area contributed by atoms with Crippen molar-refractivity contribution in [2.75, 3.05) is 0 Å². The molecule has 2 aromatic heterocycles. The number of aryl methyl sites for hydroxylation is 1. The molecule has 0 amide bonds. The van der Waals surface area contributed by atoms with Gasteiger partial charge in [0.15, 0.2) is 11.4 Å². The second kappa shape index (κ2) is 6.76. The largest absolute Gasteiger partial charge is 0.294 e. The molecule has 4 nitrogen and oxygen atoms in total. The van der Waals surface area contributed by atoms with Crippen LogP contribution in [0.5, 0.6) is 0 Å². The van der Waals surface area contributed by atoms with Crippen LogP contribution in [0.4, 0.5) is 4.39 Å². The Morgan fingerprint density at radius 2 is 1.78 bits per heavy atom. The third kappa shape index (κ3) is 3.12. The van der Waals surface area contributed by atoms with Crippen LogP contribution in [-0.2, 0) is 6.42 Å². The van der Waals surface area contributed by atoms with E-state index in [9.17, 15) is 9.18 Å². The highest BCUT2D eigenvalue weighted by Crippen LogP contribution is 2.30. The van der Waals surface area contributed by atoms with Gasteiger partial charge in [0, 0.05) is 12.6 Å². The van der Waals surface area contributed by atoms with Crippen LogP contribution in [0.2, 0.25) is 0 Å². The van der Waals surface area contributed by atoms with Crippen LogP contribution in [0.15, 0.2) is 60.8 Å². The van der Waals surface area contributed by atoms with Crippen molar-refractivity contribution in [1.82, 2.24) is 14.6 Å². The number of ketones is 1. The lowest BCUT2D eigenvalue weighted by Gasteiger charge is -2.05. The summed E-state index contributed by atoms with van der Waals surface area (Å²) in [5.41, 5.74) is 5.75. The van der Waals surface area contributed by atoms with Crippen molar-refractivity contribution in [2.24, 2.45) is 0 Å². The molecule has 0 saturated carbocycles. The summed E-state index contributed by atoms with van der Waals surface area (Å²) in [6.45, 7) is 3.39. The van der Waals surface area contributed by atoms with Gasteiger partial charge in [0.1, 0.15) is 5.82 Å². The molecule has 0 saturated heterocycles. The van der Waals surface area contributed by atoms with E-state index in [4.69, 9.17) is 5.10 Å². The Labute approximate surface area is 156 Å². The van der Waals surface area contributed by atoms with Crippen molar-refractivity contribution in [3.8, 4) is 11.1 Å². The average molecular weight is 359 g/mol. The number of nitrogens with zero attached hydrogens (tertiary/aromatic N) is 3. The Morgan fingerprint density at radius 3 is 2.44 bits per heavy atom. The third-order valence-corrected chi connectivity index (χ3v) is 4.68. The zero-order valence-corrected chi connectivity index (χ0v) is 15.1. The lowest BCUT2D eigenvalue weighted by Crippen LogP contribution is -2.05. The van der Waals surface area contributed by atoms with Crippen molar-refractivity contribution in [2.45, 2.75) is 20.3 Å². The van der Waals surface area contributed by atoms with Crippen LogP contribution in [-0.4, -0.2) is 20.4 Å². The number of benzene rings is 2. The van der Waals surface area contributed by atoms with E-state index in [0.717, 1.165) is 28.1 Å². The van der Waals surface area contributed by atoms with Gasteiger partial charge in [-0.15, -0.1) is 0 Å². The SMILES string of the molecule is CC(=O)c1cnc2c(-c3ccccc3)c(Cc3ccc(F)cc3)nn2c1C. The van der Waals surface area contributed by atoms with E-state index in [-0.39, 0.29) is 11.6 Å². The van der Waals surface area contributed by atoms with E-state index in [1.807, 2.05) is 37.3 Å². The van der Waals surface area contributed by atoms with Gasteiger partial charge in [0.05, 0.1) is 22.5 Å². The van der Waals surface area contributed by atoms with E-state index >= 15 is 0 Å². The molecule has 0 aliphatic rings. The third-order valence-electron chi connectivity index (χ3n) is 4.68. The van der Waals surface area contributed by atoms with Gasteiger partial charge < -0.3 is 0 Å². The summed E-state index contributed by atoms with van der Waals surface area (Å²) in [5, 5.41) is 4.76. The highest BCUT2D eigenvalue weighted by Gasteiger charge is 2.19. The molecular weight excluding hydrogens is 341 g/mol. The molecule has 0 N–H and O–H groups in total. The fourth-order valence-corrected chi connectivity index (χ4v) is 3.30. The fraction of sp³-hybridized carbons (Fsp3) is 0.136. The van der Waals surface area contributed by atoms with Gasteiger partial charge in [-0.05, 0) is 37.1 Å². The molecule has 0 spiro atoms. The second-order valence-electron chi connectivity index (χ2n) is 6.54. The molecule has 4 rings (SSSR count). The molecule has 134 valence electrons. The molecule has 0 bridgehead atoms. The molecular formula is C22H18FN3O. The maximum absolute atomic E-state index is 13.2. The van der Waals surface area contributed by atoms with E-state index < -0.39 is 0 Å². The summed E-state index contributed by atoms with van der Waals surface area (Å²) in [6.07, 6.45) is 2.16. The summed E-state index contributed by atoms with van der Waals surface area (Å²) in [5.74, 6) is -0.306. The number of hydrogen-bond donors (Lipinski definition) is 0. The highest BCUT2D eigenvalue weighted by atomic mass is 19.1. The minimum atomic E-state index is -0.263. The van der Waals surface area contributed by atoms with E-state index in [1.54, 1.807) is 22.8 Å². The number of rotatable bonds is 4. The van der Waals surface area contributed by atoms with Crippen molar-refractivity contribution in [1.29, 1.82) is 0 Å². The van der Waals surface area contributed by atoms with Crippen LogP contribution >= 0.6 is 0 Å². The molecule has 4 aromatic rings. The predicted molar refractivity (Wildman–Crippen MR) is 102 cm³/mol. The molecule has 0 atom stereocenters. The van der Waals surface area contributed by atoms with E-state index in [1.165, 1.54) is 19.1 Å². The van der Waals surface area contributed by atoms with Gasteiger partial charge >= 0.3 is 0 Å². The van der Waals surface area contributed by atoms with E-state index in [2.05, 4.69) is 4.98 Å². The normalized spacial score (nSPS) is 11.1. The summed E-state index contributed by atoms with van der Waals surface area (Å²) in [4.78, 5) is 16.4. The number of Topliss-reactive ketones (excluding diaryl/α,β-unsaturated/α-hetero) is 1. The average Bonchev–Trinajstić information content (AvgIpc) is 3.03. The minimum Gasteiger partial charge on any atom is -0.294 e. The zero-order chi connectivity index (χ0) is 19.0. The van der Waals surface area contributed by atoms with Crippen molar-refractivity contribution in [3.05, 3.63) is 89.1 Å². The number of fused-ring (bicyclic) bond motifs is 1. The van der Waals surface area contributed by atoms with Gasteiger partial charge in [-0.3, -0.25) is 4.79 Å². The maximum atomic E-state index is 13.2. The number of aromatic nitrogens is 3. The Balaban J connectivity index is 1.94. The summed E-state index contributed by atoms with van der Waals surface area (Å²) >= 11 is 0.